The summed E-state index contributed by atoms with van der Waals surface area (Å²) in [5.41, 5.74) is 0.820. The number of hydrogen-bond donors (Lipinski definition) is 3. The normalized spacial score (nSPS) is 12.7. The van der Waals surface area contributed by atoms with Crippen LogP contribution in [0.15, 0.2) is 41.3 Å². The van der Waals surface area contributed by atoms with Gasteiger partial charge in [-0.25, -0.2) is 8.42 Å². The largest absolute Gasteiger partial charge is 0.481 e. The van der Waals surface area contributed by atoms with Crippen LogP contribution in [0.1, 0.15) is 12.8 Å². The van der Waals surface area contributed by atoms with Gasteiger partial charge in [0, 0.05) is 37.0 Å². The molecule has 0 aliphatic rings. The highest BCUT2D eigenvalue weighted by molar-refractivity contribution is 7.89. The zero-order chi connectivity index (χ0) is 19.5. The molecule has 0 amide bonds. The number of rotatable bonds is 8. The van der Waals surface area contributed by atoms with Crippen molar-refractivity contribution in [2.75, 3.05) is 19.0 Å². The number of sulfonamides is 1. The Bertz CT molecular complexity index is 939. The van der Waals surface area contributed by atoms with Gasteiger partial charge in [-0.3, -0.25) is 9.59 Å². The van der Waals surface area contributed by atoms with Crippen LogP contribution in [0.2, 0.25) is 0 Å². The van der Waals surface area contributed by atoms with E-state index in [4.69, 9.17) is 5.11 Å². The van der Waals surface area contributed by atoms with Crippen LogP contribution in [-0.2, 0) is 19.6 Å². The molecule has 1 atom stereocenters. The number of carboxylic acid groups (broad SMARTS) is 2. The molecule has 0 bridgehead atoms. The lowest BCUT2D eigenvalue weighted by molar-refractivity contribution is -0.140. The highest BCUT2D eigenvalue weighted by atomic mass is 32.2. The SMILES string of the molecule is CN(C)c1cccc2c(S(=O)(=O)N[C@H](CCC(=O)O)C(=O)O)cccc12. The van der Waals surface area contributed by atoms with Crippen LogP contribution >= 0.6 is 0 Å². The van der Waals surface area contributed by atoms with Gasteiger partial charge in [-0.2, -0.15) is 4.72 Å². The second kappa shape index (κ2) is 7.71. The molecule has 0 saturated heterocycles. The average Bonchev–Trinajstić information content (AvgIpc) is 2.56. The molecule has 2 rings (SSSR count). The summed E-state index contributed by atoms with van der Waals surface area (Å²) in [5, 5.41) is 19.1. The summed E-state index contributed by atoms with van der Waals surface area (Å²) in [6, 6.07) is 8.43. The summed E-state index contributed by atoms with van der Waals surface area (Å²) in [6.07, 6.45) is -0.808. The van der Waals surface area contributed by atoms with Crippen LogP contribution < -0.4 is 9.62 Å². The number of hydrogen-bond acceptors (Lipinski definition) is 5. The minimum Gasteiger partial charge on any atom is -0.481 e. The number of nitrogens with zero attached hydrogens (tertiary/aromatic N) is 1. The average molecular weight is 380 g/mol. The van der Waals surface area contributed by atoms with Crippen molar-refractivity contribution in [1.82, 2.24) is 4.72 Å². The Kier molecular flexibility index (Phi) is 5.83. The first kappa shape index (κ1) is 19.7. The Labute approximate surface area is 151 Å². The van der Waals surface area contributed by atoms with Gasteiger partial charge in [-0.05, 0) is 18.6 Å². The fourth-order valence-electron chi connectivity index (χ4n) is 2.64. The van der Waals surface area contributed by atoms with E-state index in [2.05, 4.69) is 4.72 Å². The summed E-state index contributed by atoms with van der Waals surface area (Å²) in [5.74, 6) is -2.62. The molecule has 9 heteroatoms. The number of carbonyl (C=O) groups is 2. The van der Waals surface area contributed by atoms with E-state index in [1.165, 1.54) is 6.07 Å². The van der Waals surface area contributed by atoms with E-state index in [1.807, 2.05) is 25.1 Å². The van der Waals surface area contributed by atoms with Crippen LogP contribution in [-0.4, -0.2) is 50.7 Å². The predicted octanol–water partition coefficient (Wildman–Crippen LogP) is 1.50. The van der Waals surface area contributed by atoms with Gasteiger partial charge in [0.05, 0.1) is 4.90 Å². The molecule has 0 aliphatic carbocycles. The van der Waals surface area contributed by atoms with E-state index in [9.17, 15) is 23.1 Å². The van der Waals surface area contributed by atoms with Crippen molar-refractivity contribution >= 4 is 38.4 Å². The highest BCUT2D eigenvalue weighted by Crippen LogP contribution is 2.30. The number of fused-ring (bicyclic) bond motifs is 1. The molecular formula is C17H20N2O6S. The smallest absolute Gasteiger partial charge is 0.321 e. The summed E-state index contributed by atoms with van der Waals surface area (Å²) < 4.78 is 27.6. The molecule has 2 aromatic carbocycles. The molecule has 26 heavy (non-hydrogen) atoms. The lowest BCUT2D eigenvalue weighted by Gasteiger charge is -2.18. The van der Waals surface area contributed by atoms with Crippen molar-refractivity contribution in [1.29, 1.82) is 0 Å². The topological polar surface area (TPSA) is 124 Å². The number of carboxylic acids is 2. The number of benzene rings is 2. The highest BCUT2D eigenvalue weighted by Gasteiger charge is 2.27. The maximum Gasteiger partial charge on any atom is 0.321 e. The third kappa shape index (κ3) is 4.30. The molecule has 2 aromatic rings. The van der Waals surface area contributed by atoms with E-state index in [0.29, 0.717) is 10.8 Å². The van der Waals surface area contributed by atoms with Gasteiger partial charge >= 0.3 is 11.9 Å². The van der Waals surface area contributed by atoms with Gasteiger partial charge in [0.25, 0.3) is 0 Å². The zero-order valence-electron chi connectivity index (χ0n) is 14.3. The zero-order valence-corrected chi connectivity index (χ0v) is 15.2. The van der Waals surface area contributed by atoms with Crippen LogP contribution in [0, 0.1) is 0 Å². The van der Waals surface area contributed by atoms with Crippen LogP contribution in [0.3, 0.4) is 0 Å². The van der Waals surface area contributed by atoms with Gasteiger partial charge in [-0.15, -0.1) is 0 Å². The molecule has 0 aliphatic heterocycles. The second-order valence-corrected chi connectivity index (χ2v) is 7.65. The van der Waals surface area contributed by atoms with Gasteiger partial charge in [0.1, 0.15) is 6.04 Å². The lowest BCUT2D eigenvalue weighted by Crippen LogP contribution is -2.41. The van der Waals surface area contributed by atoms with Crippen molar-refractivity contribution in [3.63, 3.8) is 0 Å². The monoisotopic (exact) mass is 380 g/mol. The van der Waals surface area contributed by atoms with E-state index in [1.54, 1.807) is 24.3 Å². The summed E-state index contributed by atoms with van der Waals surface area (Å²) in [4.78, 5) is 23.8. The molecule has 8 nitrogen and oxygen atoms in total. The number of anilines is 1. The molecule has 0 spiro atoms. The fraction of sp³-hybridized carbons (Fsp3) is 0.294. The third-order valence-corrected chi connectivity index (χ3v) is 5.40. The maximum atomic E-state index is 12.8. The minimum atomic E-state index is -4.16. The molecule has 140 valence electrons. The predicted molar refractivity (Wildman–Crippen MR) is 96.9 cm³/mol. The Morgan fingerprint density at radius 1 is 1.08 bits per heavy atom. The Morgan fingerprint density at radius 2 is 1.69 bits per heavy atom. The van der Waals surface area contributed by atoms with Crippen molar-refractivity contribution in [2.24, 2.45) is 0 Å². The molecular weight excluding hydrogens is 360 g/mol. The number of aliphatic carboxylic acids is 2. The quantitative estimate of drug-likeness (QED) is 0.634. The number of nitrogens with one attached hydrogen (secondary N) is 1. The van der Waals surface area contributed by atoms with Gasteiger partial charge in [0.2, 0.25) is 10.0 Å². The summed E-state index contributed by atoms with van der Waals surface area (Å²) >= 11 is 0. The fourth-order valence-corrected chi connectivity index (χ4v) is 4.09. The molecule has 0 fully saturated rings. The van der Waals surface area contributed by atoms with Crippen molar-refractivity contribution in [3.8, 4) is 0 Å². The van der Waals surface area contributed by atoms with Crippen LogP contribution in [0.5, 0.6) is 0 Å². The van der Waals surface area contributed by atoms with E-state index in [-0.39, 0.29) is 11.3 Å². The Morgan fingerprint density at radius 3 is 2.27 bits per heavy atom. The van der Waals surface area contributed by atoms with Gasteiger partial charge in [0.15, 0.2) is 0 Å². The standard InChI is InChI=1S/C17H20N2O6S/c1-19(2)14-7-3-6-12-11(14)5-4-8-15(12)26(24,25)18-13(17(22)23)9-10-16(20)21/h3-8,13,18H,9-10H2,1-2H3,(H,20,21)(H,22,23)/t13-/m1/s1. The maximum absolute atomic E-state index is 12.8. The first-order valence-electron chi connectivity index (χ1n) is 7.79. The van der Waals surface area contributed by atoms with Crippen LogP contribution in [0.4, 0.5) is 5.69 Å². The van der Waals surface area contributed by atoms with Gasteiger partial charge in [-0.1, -0.05) is 24.3 Å². The van der Waals surface area contributed by atoms with Crippen molar-refractivity contribution in [3.05, 3.63) is 36.4 Å². The first-order chi connectivity index (χ1) is 12.1. The van der Waals surface area contributed by atoms with E-state index < -0.39 is 34.4 Å². The third-order valence-electron chi connectivity index (χ3n) is 3.87. The summed E-state index contributed by atoms with van der Waals surface area (Å²) in [7, 11) is -0.496. The Hall–Kier alpha value is -2.65. The second-order valence-electron chi connectivity index (χ2n) is 5.97. The molecule has 3 N–H and O–H groups in total. The van der Waals surface area contributed by atoms with E-state index in [0.717, 1.165) is 5.69 Å². The summed E-state index contributed by atoms with van der Waals surface area (Å²) in [6.45, 7) is 0. The van der Waals surface area contributed by atoms with Crippen molar-refractivity contribution < 1.29 is 28.2 Å². The Balaban J connectivity index is 2.47. The molecule has 0 radical (unpaired) electrons. The molecule has 0 heterocycles. The molecule has 0 saturated carbocycles. The van der Waals surface area contributed by atoms with E-state index >= 15 is 0 Å². The minimum absolute atomic E-state index is 0.0553. The van der Waals surface area contributed by atoms with Crippen molar-refractivity contribution in [2.45, 2.75) is 23.8 Å². The molecule has 0 aromatic heterocycles. The lowest BCUT2D eigenvalue weighted by atomic mass is 10.1. The molecule has 0 unspecified atom stereocenters. The van der Waals surface area contributed by atoms with Crippen LogP contribution in [0.25, 0.3) is 10.8 Å². The first-order valence-corrected chi connectivity index (χ1v) is 9.28. The van der Waals surface area contributed by atoms with Gasteiger partial charge < -0.3 is 15.1 Å².